The van der Waals surface area contributed by atoms with E-state index in [2.05, 4.69) is 12.2 Å². The van der Waals surface area contributed by atoms with Gasteiger partial charge >= 0.3 is 5.97 Å². The van der Waals surface area contributed by atoms with Crippen molar-refractivity contribution in [3.8, 4) is 0 Å². The zero-order valence-electron chi connectivity index (χ0n) is 10.6. The molecule has 0 radical (unpaired) electrons. The molecule has 0 amide bonds. The van der Waals surface area contributed by atoms with Crippen LogP contribution in [0.3, 0.4) is 0 Å². The highest BCUT2D eigenvalue weighted by Crippen LogP contribution is 2.38. The molecule has 102 valence electrons. The predicted octanol–water partition coefficient (Wildman–Crippen LogP) is 2.89. The average molecular weight is 264 g/mol. The van der Waals surface area contributed by atoms with Crippen molar-refractivity contribution in [2.24, 2.45) is 5.92 Å². The van der Waals surface area contributed by atoms with Crippen LogP contribution in [-0.2, 0) is 0 Å². The van der Waals surface area contributed by atoms with Gasteiger partial charge < -0.3 is 10.4 Å². The highest BCUT2D eigenvalue weighted by molar-refractivity contribution is 5.95. The maximum absolute atomic E-state index is 11.1. The van der Waals surface area contributed by atoms with Crippen molar-refractivity contribution in [2.45, 2.75) is 32.2 Å². The van der Waals surface area contributed by atoms with E-state index < -0.39 is 10.9 Å². The summed E-state index contributed by atoms with van der Waals surface area (Å²) in [5.74, 6) is -0.531. The van der Waals surface area contributed by atoms with Gasteiger partial charge in [0.05, 0.1) is 16.2 Å². The fourth-order valence-electron chi connectivity index (χ4n) is 2.27. The second kappa shape index (κ2) is 5.26. The van der Waals surface area contributed by atoms with E-state index in [0.717, 1.165) is 19.3 Å². The smallest absolute Gasteiger partial charge is 0.337 e. The number of anilines is 1. The maximum Gasteiger partial charge on any atom is 0.337 e. The maximum atomic E-state index is 11.1. The Kier molecular flexibility index (Phi) is 3.69. The van der Waals surface area contributed by atoms with E-state index in [1.54, 1.807) is 0 Å². The standard InChI is InChI=1S/C13H16N2O4/c1-2-3-8-6-11(8)14-12-7-9(15(18)19)4-5-10(12)13(16)17/h4-5,7-8,11,14H,2-3,6H2,1H3,(H,16,17). The van der Waals surface area contributed by atoms with Crippen LogP contribution in [-0.4, -0.2) is 22.0 Å². The van der Waals surface area contributed by atoms with Gasteiger partial charge in [-0.25, -0.2) is 4.79 Å². The van der Waals surface area contributed by atoms with E-state index in [-0.39, 0.29) is 17.3 Å². The summed E-state index contributed by atoms with van der Waals surface area (Å²) < 4.78 is 0. The normalized spacial score (nSPS) is 20.9. The van der Waals surface area contributed by atoms with Crippen molar-refractivity contribution in [2.75, 3.05) is 5.32 Å². The van der Waals surface area contributed by atoms with Crippen molar-refractivity contribution < 1.29 is 14.8 Å². The van der Waals surface area contributed by atoms with Gasteiger partial charge in [0.1, 0.15) is 0 Å². The Morgan fingerprint density at radius 3 is 2.89 bits per heavy atom. The van der Waals surface area contributed by atoms with E-state index in [1.807, 2.05) is 0 Å². The second-order valence-corrected chi connectivity index (χ2v) is 4.83. The summed E-state index contributed by atoms with van der Waals surface area (Å²) in [5.41, 5.74) is 0.318. The minimum Gasteiger partial charge on any atom is -0.478 e. The predicted molar refractivity (Wildman–Crippen MR) is 70.5 cm³/mol. The highest BCUT2D eigenvalue weighted by Gasteiger charge is 2.36. The molecule has 1 aromatic rings. The third-order valence-electron chi connectivity index (χ3n) is 3.37. The molecule has 0 saturated heterocycles. The SMILES string of the molecule is CCCC1CC1Nc1cc([N+](=O)[O-])ccc1C(=O)O. The van der Waals surface area contributed by atoms with Crippen LogP contribution in [0.1, 0.15) is 36.5 Å². The molecule has 0 heterocycles. The Bertz CT molecular complexity index is 515. The first-order chi connectivity index (χ1) is 9.02. The lowest BCUT2D eigenvalue weighted by Gasteiger charge is -2.09. The van der Waals surface area contributed by atoms with E-state index in [4.69, 9.17) is 5.11 Å². The highest BCUT2D eigenvalue weighted by atomic mass is 16.6. The van der Waals surface area contributed by atoms with Crippen LogP contribution in [0.25, 0.3) is 0 Å². The first-order valence-corrected chi connectivity index (χ1v) is 6.31. The summed E-state index contributed by atoms with van der Waals surface area (Å²) in [6.45, 7) is 2.10. The number of nitrogens with one attached hydrogen (secondary N) is 1. The van der Waals surface area contributed by atoms with Crippen LogP contribution in [0.5, 0.6) is 0 Å². The molecule has 1 aromatic carbocycles. The topological polar surface area (TPSA) is 92.5 Å². The van der Waals surface area contributed by atoms with Gasteiger partial charge in [-0.2, -0.15) is 0 Å². The largest absolute Gasteiger partial charge is 0.478 e. The minimum atomic E-state index is -1.08. The Morgan fingerprint density at radius 1 is 1.58 bits per heavy atom. The molecule has 0 spiro atoms. The molecule has 0 bridgehead atoms. The summed E-state index contributed by atoms with van der Waals surface area (Å²) >= 11 is 0. The van der Waals surface area contributed by atoms with Crippen molar-refractivity contribution in [3.63, 3.8) is 0 Å². The zero-order valence-corrected chi connectivity index (χ0v) is 10.6. The molecule has 6 nitrogen and oxygen atoms in total. The van der Waals surface area contributed by atoms with Crippen LogP contribution in [0.15, 0.2) is 18.2 Å². The number of carboxylic acid groups (broad SMARTS) is 1. The first kappa shape index (κ1) is 13.3. The van der Waals surface area contributed by atoms with Crippen molar-refractivity contribution in [1.29, 1.82) is 0 Å². The van der Waals surface area contributed by atoms with E-state index in [0.29, 0.717) is 11.6 Å². The van der Waals surface area contributed by atoms with Gasteiger partial charge in [-0.1, -0.05) is 13.3 Å². The van der Waals surface area contributed by atoms with Gasteiger partial charge in [0.15, 0.2) is 0 Å². The Morgan fingerprint density at radius 2 is 2.32 bits per heavy atom. The Labute approximate surface area is 110 Å². The second-order valence-electron chi connectivity index (χ2n) is 4.83. The van der Waals surface area contributed by atoms with Crippen molar-refractivity contribution in [1.82, 2.24) is 0 Å². The number of nitrogens with zero attached hydrogens (tertiary/aromatic N) is 1. The quantitative estimate of drug-likeness (QED) is 0.608. The van der Waals surface area contributed by atoms with Crippen molar-refractivity contribution >= 4 is 17.3 Å². The number of benzene rings is 1. The molecule has 2 atom stereocenters. The third kappa shape index (κ3) is 3.01. The fourth-order valence-corrected chi connectivity index (χ4v) is 2.27. The molecule has 1 saturated carbocycles. The minimum absolute atomic E-state index is 0.0766. The van der Waals surface area contributed by atoms with Crippen LogP contribution in [0, 0.1) is 16.0 Å². The number of nitro groups is 1. The molecular formula is C13H16N2O4. The molecule has 2 N–H and O–H groups in total. The van der Waals surface area contributed by atoms with Gasteiger partial charge in [-0.3, -0.25) is 10.1 Å². The summed E-state index contributed by atoms with van der Waals surface area (Å²) in [6, 6.07) is 4.02. The van der Waals surface area contributed by atoms with Gasteiger partial charge in [0, 0.05) is 18.2 Å². The van der Waals surface area contributed by atoms with E-state index >= 15 is 0 Å². The lowest BCUT2D eigenvalue weighted by Crippen LogP contribution is -2.10. The summed E-state index contributed by atoms with van der Waals surface area (Å²) in [6.07, 6.45) is 3.17. The molecule has 1 aliphatic rings. The molecule has 1 fully saturated rings. The number of carboxylic acids is 1. The van der Waals surface area contributed by atoms with Gasteiger partial charge in [0.25, 0.3) is 5.69 Å². The number of hydrogen-bond donors (Lipinski definition) is 2. The first-order valence-electron chi connectivity index (χ1n) is 6.31. The molecular weight excluding hydrogens is 248 g/mol. The molecule has 19 heavy (non-hydrogen) atoms. The zero-order chi connectivity index (χ0) is 14.0. The van der Waals surface area contributed by atoms with E-state index in [9.17, 15) is 14.9 Å². The number of rotatable bonds is 6. The van der Waals surface area contributed by atoms with Crippen LogP contribution in [0.2, 0.25) is 0 Å². The van der Waals surface area contributed by atoms with Gasteiger partial charge in [-0.05, 0) is 24.8 Å². The molecule has 0 aromatic heterocycles. The number of non-ortho nitro benzene ring substituents is 1. The summed E-state index contributed by atoms with van der Waals surface area (Å²) in [4.78, 5) is 21.3. The van der Waals surface area contributed by atoms with Crippen molar-refractivity contribution in [3.05, 3.63) is 33.9 Å². The molecule has 2 unspecified atom stereocenters. The van der Waals surface area contributed by atoms with Crippen LogP contribution < -0.4 is 5.32 Å². The lowest BCUT2D eigenvalue weighted by atomic mass is 10.1. The van der Waals surface area contributed by atoms with Gasteiger partial charge in [0.2, 0.25) is 0 Å². The molecule has 0 aliphatic heterocycles. The fraction of sp³-hybridized carbons (Fsp3) is 0.462. The Hall–Kier alpha value is -2.11. The average Bonchev–Trinajstić information content (AvgIpc) is 3.07. The van der Waals surface area contributed by atoms with Crippen LogP contribution >= 0.6 is 0 Å². The number of hydrogen-bond acceptors (Lipinski definition) is 4. The molecule has 6 heteroatoms. The van der Waals surface area contributed by atoms with Crippen LogP contribution in [0.4, 0.5) is 11.4 Å². The Balaban J connectivity index is 2.19. The molecule has 2 rings (SSSR count). The number of carbonyl (C=O) groups is 1. The van der Waals surface area contributed by atoms with Gasteiger partial charge in [-0.15, -0.1) is 0 Å². The van der Waals surface area contributed by atoms with E-state index in [1.165, 1.54) is 18.2 Å². The summed E-state index contributed by atoms with van der Waals surface area (Å²) in [5, 5.41) is 22.9. The summed E-state index contributed by atoms with van der Waals surface area (Å²) in [7, 11) is 0. The number of aromatic carboxylic acids is 1. The lowest BCUT2D eigenvalue weighted by molar-refractivity contribution is -0.384. The molecule has 1 aliphatic carbocycles. The monoisotopic (exact) mass is 264 g/mol. The number of nitro benzene ring substituents is 1. The third-order valence-corrected chi connectivity index (χ3v) is 3.37.